The van der Waals surface area contributed by atoms with Crippen LogP contribution in [-0.2, 0) is 12.8 Å². The highest BCUT2D eigenvalue weighted by atomic mass is 35.5. The van der Waals surface area contributed by atoms with Crippen LogP contribution in [0.15, 0.2) is 60.7 Å². The van der Waals surface area contributed by atoms with Crippen molar-refractivity contribution in [2.75, 3.05) is 26.3 Å². The summed E-state index contributed by atoms with van der Waals surface area (Å²) in [5.41, 5.74) is 8.03. The monoisotopic (exact) mass is 551 g/mol. The van der Waals surface area contributed by atoms with Gasteiger partial charge in [-0.15, -0.1) is 0 Å². The summed E-state index contributed by atoms with van der Waals surface area (Å²) in [7, 11) is 0. The molecule has 0 amide bonds. The number of nitrogens with zero attached hydrogens (tertiary/aromatic N) is 1. The molecular weight excluding hydrogens is 520 g/mol. The standard InChI is InChI=1S/C32H32Cl2FNO2/c33-26-9-11-28(30(34)19-26)29-7-2-5-23-18-25(32(37)38)8-10-27(23)31(29)24-6-1-4-21(17-24)16-22-12-15-36(20-22)14-3-13-35/h1,4,6,8-11,17-19,22H,2-3,5,7,12-16,20H2,(H,37,38). The third-order valence-electron chi connectivity index (χ3n) is 7.77. The number of benzene rings is 3. The smallest absolute Gasteiger partial charge is 0.335 e. The Morgan fingerprint density at radius 2 is 1.87 bits per heavy atom. The molecule has 0 saturated carbocycles. The first-order chi connectivity index (χ1) is 18.4. The summed E-state index contributed by atoms with van der Waals surface area (Å²) in [4.78, 5) is 14.1. The van der Waals surface area contributed by atoms with Gasteiger partial charge in [0, 0.05) is 23.1 Å². The van der Waals surface area contributed by atoms with Crippen LogP contribution < -0.4 is 0 Å². The Bertz CT molecular complexity index is 1370. The molecule has 1 N–H and O–H groups in total. The Kier molecular flexibility index (Phi) is 8.52. The fraction of sp³-hybridized carbons (Fsp3) is 0.344. The van der Waals surface area contributed by atoms with Crippen molar-refractivity contribution in [1.82, 2.24) is 4.90 Å². The summed E-state index contributed by atoms with van der Waals surface area (Å²) in [5.74, 6) is -0.355. The van der Waals surface area contributed by atoms with E-state index in [-0.39, 0.29) is 6.67 Å². The van der Waals surface area contributed by atoms with Gasteiger partial charge in [-0.3, -0.25) is 4.39 Å². The SMILES string of the molecule is O=C(O)c1ccc2c(c1)CCCC(c1ccc(Cl)cc1Cl)=C2c1cccc(CC2CCN(CCCF)C2)c1. The lowest BCUT2D eigenvalue weighted by atomic mass is 9.86. The highest BCUT2D eigenvalue weighted by molar-refractivity contribution is 6.36. The highest BCUT2D eigenvalue weighted by Gasteiger charge is 2.25. The van der Waals surface area contributed by atoms with Gasteiger partial charge in [-0.25, -0.2) is 4.79 Å². The van der Waals surface area contributed by atoms with E-state index in [2.05, 4.69) is 29.2 Å². The summed E-state index contributed by atoms with van der Waals surface area (Å²) in [6.45, 7) is 2.63. The number of allylic oxidation sites excluding steroid dienone is 1. The maximum absolute atomic E-state index is 12.6. The lowest BCUT2D eigenvalue weighted by Crippen LogP contribution is -2.22. The summed E-state index contributed by atoms with van der Waals surface area (Å²) in [5, 5.41) is 10.8. The molecule has 1 fully saturated rings. The van der Waals surface area contributed by atoms with Crippen molar-refractivity contribution in [2.24, 2.45) is 5.92 Å². The predicted molar refractivity (Wildman–Crippen MR) is 154 cm³/mol. The number of hydrogen-bond donors (Lipinski definition) is 1. The third-order valence-corrected chi connectivity index (χ3v) is 8.32. The van der Waals surface area contributed by atoms with Gasteiger partial charge in [0.25, 0.3) is 0 Å². The average Bonchev–Trinajstić information content (AvgIpc) is 3.25. The van der Waals surface area contributed by atoms with Gasteiger partial charge in [0.05, 0.1) is 12.2 Å². The average molecular weight is 553 g/mol. The molecule has 1 atom stereocenters. The van der Waals surface area contributed by atoms with Crippen LogP contribution in [0.4, 0.5) is 4.39 Å². The fourth-order valence-corrected chi connectivity index (χ4v) is 6.53. The predicted octanol–water partition coefficient (Wildman–Crippen LogP) is 8.21. The number of carboxylic acids is 1. The van der Waals surface area contributed by atoms with Gasteiger partial charge < -0.3 is 10.0 Å². The highest BCUT2D eigenvalue weighted by Crippen LogP contribution is 2.42. The topological polar surface area (TPSA) is 40.5 Å². The molecule has 0 spiro atoms. The maximum Gasteiger partial charge on any atom is 0.335 e. The second kappa shape index (κ2) is 12.0. The number of likely N-dealkylation sites (tertiary alicyclic amines) is 1. The largest absolute Gasteiger partial charge is 0.478 e. The maximum atomic E-state index is 12.6. The molecule has 3 nitrogen and oxygen atoms in total. The number of halogens is 3. The number of hydrogen-bond acceptors (Lipinski definition) is 2. The van der Waals surface area contributed by atoms with Crippen LogP contribution in [0.3, 0.4) is 0 Å². The third kappa shape index (κ3) is 5.98. The molecule has 3 aromatic rings. The zero-order valence-corrected chi connectivity index (χ0v) is 22.9. The minimum atomic E-state index is -0.914. The van der Waals surface area contributed by atoms with Crippen LogP contribution >= 0.6 is 23.2 Å². The molecule has 0 radical (unpaired) electrons. The van der Waals surface area contributed by atoms with Gasteiger partial charge in [0.15, 0.2) is 0 Å². The van der Waals surface area contributed by atoms with Crippen LogP contribution in [0, 0.1) is 5.92 Å². The van der Waals surface area contributed by atoms with Gasteiger partial charge in [0.2, 0.25) is 0 Å². The van der Waals surface area contributed by atoms with E-state index in [4.69, 9.17) is 23.2 Å². The van der Waals surface area contributed by atoms with Gasteiger partial charge in [-0.1, -0.05) is 59.6 Å². The van der Waals surface area contributed by atoms with Crippen LogP contribution in [-0.4, -0.2) is 42.3 Å². The van der Waals surface area contributed by atoms with E-state index < -0.39 is 5.97 Å². The molecule has 198 valence electrons. The molecular formula is C32H32Cl2FNO2. The van der Waals surface area contributed by atoms with Crippen LogP contribution in [0.2, 0.25) is 10.0 Å². The molecule has 3 aromatic carbocycles. The number of carboxylic acid groups (broad SMARTS) is 1. The molecule has 38 heavy (non-hydrogen) atoms. The normalized spacial score (nSPS) is 17.9. The first-order valence-corrected chi connectivity index (χ1v) is 14.1. The summed E-state index contributed by atoms with van der Waals surface area (Å²) in [6.07, 6.45) is 5.23. The number of rotatable bonds is 8. The summed E-state index contributed by atoms with van der Waals surface area (Å²) in [6, 6.07) is 19.8. The Hall–Kier alpha value is -2.66. The van der Waals surface area contributed by atoms with Gasteiger partial charge in [-0.2, -0.15) is 0 Å². The van der Waals surface area contributed by atoms with E-state index >= 15 is 0 Å². The lowest BCUT2D eigenvalue weighted by Gasteiger charge is -2.19. The quantitative estimate of drug-likeness (QED) is 0.306. The second-order valence-electron chi connectivity index (χ2n) is 10.4. The van der Waals surface area contributed by atoms with Crippen LogP contribution in [0.1, 0.15) is 63.9 Å². The van der Waals surface area contributed by atoms with Crippen molar-refractivity contribution in [3.8, 4) is 0 Å². The molecule has 1 aliphatic carbocycles. The minimum Gasteiger partial charge on any atom is -0.478 e. The van der Waals surface area contributed by atoms with Crippen LogP contribution in [0.25, 0.3) is 11.1 Å². The van der Waals surface area contributed by atoms with E-state index in [9.17, 15) is 14.3 Å². The number of aryl methyl sites for hydroxylation is 1. The molecule has 2 aliphatic rings. The molecule has 1 heterocycles. The zero-order chi connectivity index (χ0) is 26.6. The van der Waals surface area contributed by atoms with Crippen LogP contribution in [0.5, 0.6) is 0 Å². The Morgan fingerprint density at radius 1 is 1.03 bits per heavy atom. The summed E-state index contributed by atoms with van der Waals surface area (Å²) >= 11 is 13.0. The van der Waals surface area contributed by atoms with Gasteiger partial charge in [-0.05, 0) is 114 Å². The number of carbonyl (C=O) groups is 1. The van der Waals surface area contributed by atoms with Crippen molar-refractivity contribution in [2.45, 2.75) is 38.5 Å². The molecule has 1 aliphatic heterocycles. The fourth-order valence-electron chi connectivity index (χ4n) is 6.01. The first-order valence-electron chi connectivity index (χ1n) is 13.4. The molecule has 0 bridgehead atoms. The van der Waals surface area contributed by atoms with Crippen molar-refractivity contribution in [1.29, 1.82) is 0 Å². The van der Waals surface area contributed by atoms with Gasteiger partial charge >= 0.3 is 5.97 Å². The Labute approximate surface area is 233 Å². The zero-order valence-electron chi connectivity index (χ0n) is 21.4. The summed E-state index contributed by atoms with van der Waals surface area (Å²) < 4.78 is 12.6. The number of aromatic carboxylic acids is 1. The molecule has 5 rings (SSSR count). The van der Waals surface area contributed by atoms with E-state index in [0.29, 0.717) is 27.9 Å². The first kappa shape index (κ1) is 26.9. The lowest BCUT2D eigenvalue weighted by molar-refractivity contribution is 0.0696. The van der Waals surface area contributed by atoms with Crippen molar-refractivity contribution >= 4 is 40.3 Å². The van der Waals surface area contributed by atoms with Crippen molar-refractivity contribution < 1.29 is 14.3 Å². The Balaban J connectivity index is 1.57. The van der Waals surface area contributed by atoms with Gasteiger partial charge in [0.1, 0.15) is 0 Å². The number of fused-ring (bicyclic) bond motifs is 1. The molecule has 1 saturated heterocycles. The number of alkyl halides is 1. The molecule has 6 heteroatoms. The van der Waals surface area contributed by atoms with E-state index in [0.717, 1.165) is 85.1 Å². The second-order valence-corrected chi connectivity index (χ2v) is 11.3. The minimum absolute atomic E-state index is 0.256. The van der Waals surface area contributed by atoms with E-state index in [1.807, 2.05) is 24.3 Å². The van der Waals surface area contributed by atoms with Crippen molar-refractivity contribution in [3.63, 3.8) is 0 Å². The Morgan fingerprint density at radius 3 is 2.66 bits per heavy atom. The van der Waals surface area contributed by atoms with E-state index in [1.165, 1.54) is 5.56 Å². The molecule has 1 unspecified atom stereocenters. The van der Waals surface area contributed by atoms with Crippen molar-refractivity contribution in [3.05, 3.63) is 104 Å². The van der Waals surface area contributed by atoms with E-state index in [1.54, 1.807) is 12.1 Å². The molecule has 0 aromatic heterocycles.